The third kappa shape index (κ3) is 5.73. The summed E-state index contributed by atoms with van der Waals surface area (Å²) in [5, 5.41) is 10.9. The molecule has 1 aromatic carbocycles. The second kappa shape index (κ2) is 10.9. The molecule has 0 atom stereocenters. The number of anilines is 1. The third-order valence-corrected chi connectivity index (χ3v) is 5.12. The first-order valence-corrected chi connectivity index (χ1v) is 10.6. The summed E-state index contributed by atoms with van der Waals surface area (Å²) in [6, 6.07) is 8.66. The maximum Gasteiger partial charge on any atom is 0.191 e. The summed E-state index contributed by atoms with van der Waals surface area (Å²) in [5.41, 5.74) is 4.60. The lowest BCUT2D eigenvalue weighted by Gasteiger charge is -2.28. The van der Waals surface area contributed by atoms with Crippen LogP contribution in [0.3, 0.4) is 0 Å². The number of hydrogen-bond acceptors (Lipinski definition) is 5. The van der Waals surface area contributed by atoms with Gasteiger partial charge in [-0.05, 0) is 31.0 Å². The van der Waals surface area contributed by atoms with E-state index in [0.29, 0.717) is 13.1 Å². The van der Waals surface area contributed by atoms with Crippen molar-refractivity contribution in [3.63, 3.8) is 0 Å². The summed E-state index contributed by atoms with van der Waals surface area (Å²) in [7, 11) is 0. The van der Waals surface area contributed by atoms with Crippen LogP contribution < -0.4 is 15.5 Å². The lowest BCUT2D eigenvalue weighted by atomic mass is 10.1. The van der Waals surface area contributed by atoms with Crippen LogP contribution in [0.4, 0.5) is 5.69 Å². The van der Waals surface area contributed by atoms with Crippen LogP contribution in [0, 0.1) is 0 Å². The van der Waals surface area contributed by atoms with Crippen molar-refractivity contribution < 1.29 is 9.26 Å². The van der Waals surface area contributed by atoms with Gasteiger partial charge in [0.2, 0.25) is 0 Å². The Kier molecular flexibility index (Phi) is 7.93. The molecule has 29 heavy (non-hydrogen) atoms. The van der Waals surface area contributed by atoms with Crippen molar-refractivity contribution in [1.29, 1.82) is 0 Å². The molecule has 1 fully saturated rings. The van der Waals surface area contributed by atoms with Crippen molar-refractivity contribution in [3.05, 3.63) is 46.8 Å². The van der Waals surface area contributed by atoms with E-state index in [4.69, 9.17) is 14.3 Å². The average Bonchev–Trinajstić information content (AvgIpc) is 3.18. The van der Waals surface area contributed by atoms with Crippen molar-refractivity contribution in [3.8, 4) is 0 Å². The van der Waals surface area contributed by atoms with E-state index in [1.54, 1.807) is 0 Å². The minimum absolute atomic E-state index is 0.629. The monoisotopic (exact) mass is 399 g/mol. The van der Waals surface area contributed by atoms with E-state index in [-0.39, 0.29) is 0 Å². The normalized spacial score (nSPS) is 14.9. The minimum Gasteiger partial charge on any atom is -0.378 e. The smallest absolute Gasteiger partial charge is 0.191 e. The molecule has 0 radical (unpaired) electrons. The molecule has 1 saturated heterocycles. The maximum atomic E-state index is 5.46. The summed E-state index contributed by atoms with van der Waals surface area (Å²) in [6.45, 7) is 11.9. The molecule has 1 aliphatic heterocycles. The SMILES string of the molecule is CCNC(=NCc1ccc(N2CCOCC2)cc1)NCc1c(CC)noc1CC. The molecule has 1 aromatic heterocycles. The van der Waals surface area contributed by atoms with Crippen LogP contribution in [0.15, 0.2) is 33.8 Å². The molecule has 0 aliphatic carbocycles. The molecule has 7 nitrogen and oxygen atoms in total. The van der Waals surface area contributed by atoms with Crippen LogP contribution in [-0.4, -0.2) is 44.0 Å². The van der Waals surface area contributed by atoms with Crippen molar-refractivity contribution >= 4 is 11.6 Å². The molecule has 0 saturated carbocycles. The van der Waals surface area contributed by atoms with Crippen LogP contribution in [-0.2, 0) is 30.7 Å². The Hall–Kier alpha value is -2.54. The van der Waals surface area contributed by atoms with Gasteiger partial charge in [-0.15, -0.1) is 0 Å². The van der Waals surface area contributed by atoms with Crippen LogP contribution >= 0.6 is 0 Å². The molecule has 0 bridgehead atoms. The highest BCUT2D eigenvalue weighted by atomic mass is 16.5. The van der Waals surface area contributed by atoms with Gasteiger partial charge in [-0.3, -0.25) is 0 Å². The number of nitrogens with one attached hydrogen (secondary N) is 2. The summed E-state index contributed by atoms with van der Waals surface area (Å²) >= 11 is 0. The molecule has 0 spiro atoms. The van der Waals surface area contributed by atoms with Crippen molar-refractivity contribution in [2.75, 3.05) is 37.7 Å². The van der Waals surface area contributed by atoms with Gasteiger partial charge < -0.3 is 24.8 Å². The van der Waals surface area contributed by atoms with Gasteiger partial charge in [-0.1, -0.05) is 31.1 Å². The van der Waals surface area contributed by atoms with Gasteiger partial charge in [0.15, 0.2) is 5.96 Å². The molecular formula is C22H33N5O2. The van der Waals surface area contributed by atoms with Gasteiger partial charge in [-0.25, -0.2) is 4.99 Å². The van der Waals surface area contributed by atoms with Crippen molar-refractivity contribution in [2.45, 2.75) is 46.7 Å². The fourth-order valence-corrected chi connectivity index (χ4v) is 3.46. The quantitative estimate of drug-likeness (QED) is 0.525. The summed E-state index contributed by atoms with van der Waals surface area (Å²) in [4.78, 5) is 7.11. The maximum absolute atomic E-state index is 5.46. The number of benzene rings is 1. The number of morpholine rings is 1. The summed E-state index contributed by atoms with van der Waals surface area (Å²) < 4.78 is 10.9. The Balaban J connectivity index is 1.61. The second-order valence-corrected chi connectivity index (χ2v) is 7.05. The molecule has 0 unspecified atom stereocenters. The van der Waals surface area contributed by atoms with E-state index in [1.165, 1.54) is 11.3 Å². The molecule has 7 heteroatoms. The Morgan fingerprint density at radius 3 is 2.48 bits per heavy atom. The lowest BCUT2D eigenvalue weighted by molar-refractivity contribution is 0.122. The van der Waals surface area contributed by atoms with Crippen LogP contribution in [0.5, 0.6) is 0 Å². The Morgan fingerprint density at radius 2 is 1.83 bits per heavy atom. The summed E-state index contributed by atoms with van der Waals surface area (Å²) in [5.74, 6) is 1.75. The highest BCUT2D eigenvalue weighted by Gasteiger charge is 2.14. The molecular weight excluding hydrogens is 366 g/mol. The zero-order chi connectivity index (χ0) is 20.5. The number of guanidine groups is 1. The molecule has 158 valence electrons. The standard InChI is InChI=1S/C22H33N5O2/c1-4-20-19(21(5-2)29-26-20)16-25-22(23-6-3)24-15-17-7-9-18(10-8-17)27-11-13-28-14-12-27/h7-10H,4-6,11-16H2,1-3H3,(H2,23,24,25). The van der Waals surface area contributed by atoms with E-state index in [2.05, 4.69) is 65.7 Å². The van der Waals surface area contributed by atoms with Gasteiger partial charge >= 0.3 is 0 Å². The van der Waals surface area contributed by atoms with Gasteiger partial charge in [0.1, 0.15) is 5.76 Å². The highest BCUT2D eigenvalue weighted by Crippen LogP contribution is 2.17. The van der Waals surface area contributed by atoms with Gasteiger partial charge in [0.05, 0.1) is 25.5 Å². The molecule has 2 N–H and O–H groups in total. The summed E-state index contributed by atoms with van der Waals surface area (Å²) in [6.07, 6.45) is 1.71. The first-order valence-electron chi connectivity index (χ1n) is 10.6. The molecule has 2 heterocycles. The number of rotatable bonds is 8. The predicted molar refractivity (Wildman–Crippen MR) is 116 cm³/mol. The fourth-order valence-electron chi connectivity index (χ4n) is 3.46. The number of ether oxygens (including phenoxy) is 1. The van der Waals surface area contributed by atoms with Crippen LogP contribution in [0.1, 0.15) is 43.4 Å². The number of aromatic nitrogens is 1. The Bertz CT molecular complexity index is 758. The first kappa shape index (κ1) is 21.2. The third-order valence-electron chi connectivity index (χ3n) is 5.12. The number of nitrogens with zero attached hydrogens (tertiary/aromatic N) is 3. The van der Waals surface area contributed by atoms with Crippen molar-refractivity contribution in [1.82, 2.24) is 15.8 Å². The predicted octanol–water partition coefficient (Wildman–Crippen LogP) is 2.89. The second-order valence-electron chi connectivity index (χ2n) is 7.05. The lowest BCUT2D eigenvalue weighted by Crippen LogP contribution is -2.37. The number of aryl methyl sites for hydroxylation is 2. The Morgan fingerprint density at radius 1 is 1.07 bits per heavy atom. The van der Waals surface area contributed by atoms with E-state index >= 15 is 0 Å². The molecule has 0 amide bonds. The van der Waals surface area contributed by atoms with E-state index in [0.717, 1.165) is 68.7 Å². The van der Waals surface area contributed by atoms with Gasteiger partial charge in [-0.2, -0.15) is 0 Å². The number of aliphatic imine (C=N–C) groups is 1. The fraction of sp³-hybridized carbons (Fsp3) is 0.545. The molecule has 1 aliphatic rings. The topological polar surface area (TPSA) is 74.9 Å². The van der Waals surface area contributed by atoms with Crippen molar-refractivity contribution in [2.24, 2.45) is 4.99 Å². The zero-order valence-corrected chi connectivity index (χ0v) is 17.8. The van der Waals surface area contributed by atoms with E-state index < -0.39 is 0 Å². The number of hydrogen-bond donors (Lipinski definition) is 2. The first-order chi connectivity index (χ1) is 14.2. The average molecular weight is 400 g/mol. The largest absolute Gasteiger partial charge is 0.378 e. The van der Waals surface area contributed by atoms with Gasteiger partial charge in [0.25, 0.3) is 0 Å². The highest BCUT2D eigenvalue weighted by molar-refractivity contribution is 5.79. The molecule has 3 rings (SSSR count). The zero-order valence-electron chi connectivity index (χ0n) is 17.8. The van der Waals surface area contributed by atoms with Crippen LogP contribution in [0.2, 0.25) is 0 Å². The van der Waals surface area contributed by atoms with E-state index in [9.17, 15) is 0 Å². The van der Waals surface area contributed by atoms with Crippen LogP contribution in [0.25, 0.3) is 0 Å². The Labute approximate surface area is 173 Å². The minimum atomic E-state index is 0.629. The van der Waals surface area contributed by atoms with Gasteiger partial charge in [0, 0.05) is 43.9 Å². The molecule has 2 aromatic rings. The van der Waals surface area contributed by atoms with E-state index in [1.807, 2.05) is 0 Å².